The van der Waals surface area contributed by atoms with E-state index < -0.39 is 17.4 Å². The first-order valence-corrected chi connectivity index (χ1v) is 7.05. The maximum atomic E-state index is 14.2. The van der Waals surface area contributed by atoms with Gasteiger partial charge in [-0.3, -0.25) is 4.79 Å². The lowest BCUT2D eigenvalue weighted by molar-refractivity contribution is 0.0880. The van der Waals surface area contributed by atoms with Gasteiger partial charge in [-0.2, -0.15) is 5.26 Å². The van der Waals surface area contributed by atoms with E-state index in [1.807, 2.05) is 36.4 Å². The van der Waals surface area contributed by atoms with Crippen molar-refractivity contribution in [2.75, 3.05) is 0 Å². The number of ketones is 1. The Kier molecular flexibility index (Phi) is 3.28. The molecule has 5 nitrogen and oxygen atoms in total. The minimum absolute atomic E-state index is 0.0927. The fourth-order valence-electron chi connectivity index (χ4n) is 2.56. The molecule has 1 aromatic heterocycles. The molecule has 2 atom stereocenters. The number of hydrogen-bond acceptors (Lipinski definition) is 4. The molecule has 0 amide bonds. The summed E-state index contributed by atoms with van der Waals surface area (Å²) in [6, 6.07) is 11.1. The summed E-state index contributed by atoms with van der Waals surface area (Å²) >= 11 is 0. The molecule has 0 bridgehead atoms. The molecule has 22 heavy (non-hydrogen) atoms. The molecule has 3 rings (SSSR count). The van der Waals surface area contributed by atoms with Crippen molar-refractivity contribution in [3.63, 3.8) is 0 Å². The van der Waals surface area contributed by atoms with E-state index in [0.717, 1.165) is 5.56 Å². The molecular weight excluding hydrogens is 283 g/mol. The summed E-state index contributed by atoms with van der Waals surface area (Å²) in [6.07, 6.45) is -1.00. The highest BCUT2D eigenvalue weighted by atomic mass is 19.1. The van der Waals surface area contributed by atoms with Crippen molar-refractivity contribution in [3.05, 3.63) is 47.5 Å². The van der Waals surface area contributed by atoms with E-state index in [4.69, 9.17) is 5.26 Å². The summed E-state index contributed by atoms with van der Waals surface area (Å²) in [5, 5.41) is 13.2. The molecule has 1 aliphatic heterocycles. The highest BCUT2D eigenvalue weighted by molar-refractivity contribution is 5.98. The molecule has 112 valence electrons. The molecule has 1 aromatic carbocycles. The number of aromatic nitrogens is 3. The number of fused-ring (bicyclic) bond motifs is 1. The van der Waals surface area contributed by atoms with Crippen LogP contribution in [0.2, 0.25) is 0 Å². The van der Waals surface area contributed by atoms with Crippen molar-refractivity contribution in [2.45, 2.75) is 32.5 Å². The highest BCUT2D eigenvalue weighted by Gasteiger charge is 2.39. The summed E-state index contributed by atoms with van der Waals surface area (Å²) in [4.78, 5) is 16.3. The fourth-order valence-corrected chi connectivity index (χ4v) is 2.56. The Bertz CT molecular complexity index is 760. The van der Waals surface area contributed by atoms with Gasteiger partial charge in [-0.25, -0.2) is 14.1 Å². The lowest BCUT2D eigenvalue weighted by Crippen LogP contribution is -2.24. The van der Waals surface area contributed by atoms with Crippen molar-refractivity contribution >= 4 is 5.78 Å². The zero-order chi connectivity index (χ0) is 15.9. The van der Waals surface area contributed by atoms with E-state index in [2.05, 4.69) is 10.1 Å². The fraction of sp³-hybridized carbons (Fsp3) is 0.375. The third-order valence-electron chi connectivity index (χ3n) is 3.90. The van der Waals surface area contributed by atoms with Gasteiger partial charge in [0.1, 0.15) is 5.41 Å². The average molecular weight is 298 g/mol. The molecule has 2 aromatic rings. The summed E-state index contributed by atoms with van der Waals surface area (Å²) < 4.78 is 15.7. The van der Waals surface area contributed by atoms with Gasteiger partial charge in [0, 0.05) is 6.42 Å². The summed E-state index contributed by atoms with van der Waals surface area (Å²) in [6.45, 7) is 3.01. The molecule has 0 spiro atoms. The minimum Gasteiger partial charge on any atom is -0.289 e. The number of nitrogens with zero attached hydrogens (tertiary/aromatic N) is 4. The smallest absolute Gasteiger partial charge is 0.221 e. The van der Waals surface area contributed by atoms with Crippen molar-refractivity contribution < 1.29 is 9.18 Å². The molecule has 0 unspecified atom stereocenters. The van der Waals surface area contributed by atoms with Crippen LogP contribution in [0.1, 0.15) is 54.5 Å². The summed E-state index contributed by atoms with van der Waals surface area (Å²) in [5.41, 5.74) is -0.302. The van der Waals surface area contributed by atoms with E-state index in [9.17, 15) is 9.18 Å². The first-order chi connectivity index (χ1) is 10.4. The van der Waals surface area contributed by atoms with Crippen LogP contribution < -0.4 is 0 Å². The number of carbonyl (C=O) groups is 1. The molecule has 0 N–H and O–H groups in total. The van der Waals surface area contributed by atoms with E-state index in [-0.39, 0.29) is 24.1 Å². The first kappa shape index (κ1) is 14.4. The Morgan fingerprint density at radius 3 is 2.73 bits per heavy atom. The molecule has 1 aliphatic rings. The van der Waals surface area contributed by atoms with Crippen LogP contribution in [0.4, 0.5) is 4.39 Å². The monoisotopic (exact) mass is 298 g/mol. The van der Waals surface area contributed by atoms with E-state index in [1.54, 1.807) is 0 Å². The maximum Gasteiger partial charge on any atom is 0.221 e. The molecule has 6 heteroatoms. The second kappa shape index (κ2) is 5.02. The molecule has 0 saturated heterocycles. The number of Topliss-reactive ketones (excluding diaryl/α,β-unsaturated/α-hetero) is 1. The summed E-state index contributed by atoms with van der Waals surface area (Å²) in [5.74, 6) is -0.424. The van der Waals surface area contributed by atoms with Crippen molar-refractivity contribution in [3.8, 4) is 6.07 Å². The molecule has 0 fully saturated rings. The molecular formula is C16H15FN4O. The molecule has 2 heterocycles. The average Bonchev–Trinajstić information content (AvgIpc) is 3.08. The number of benzene rings is 1. The third kappa shape index (κ3) is 2.19. The number of nitriles is 1. The van der Waals surface area contributed by atoms with E-state index in [1.165, 1.54) is 18.5 Å². The SMILES string of the molecule is CC(C)(C#N)C(=O)c1nc2n(n1)[C@H](c1ccccc1)C[C@@H]2F. The van der Waals surface area contributed by atoms with Crippen LogP contribution in [0.5, 0.6) is 0 Å². The van der Waals surface area contributed by atoms with E-state index in [0.29, 0.717) is 0 Å². The van der Waals surface area contributed by atoms with Crippen molar-refractivity contribution in [2.24, 2.45) is 5.41 Å². The van der Waals surface area contributed by atoms with Crippen LogP contribution >= 0.6 is 0 Å². The van der Waals surface area contributed by atoms with Gasteiger partial charge >= 0.3 is 0 Å². The Morgan fingerprint density at radius 2 is 2.09 bits per heavy atom. The van der Waals surface area contributed by atoms with Crippen LogP contribution in [-0.2, 0) is 0 Å². The van der Waals surface area contributed by atoms with E-state index >= 15 is 0 Å². The van der Waals surface area contributed by atoms with Crippen LogP contribution in [0.25, 0.3) is 0 Å². The van der Waals surface area contributed by atoms with Gasteiger partial charge in [-0.1, -0.05) is 30.3 Å². The quantitative estimate of drug-likeness (QED) is 0.817. The van der Waals surface area contributed by atoms with Gasteiger partial charge in [0.15, 0.2) is 12.0 Å². The standard InChI is InChI=1S/C16H15FN4O/c1-16(2,9-18)13(22)14-19-15-11(17)8-12(21(15)20-14)10-6-4-3-5-7-10/h3-7,11-12H,8H2,1-2H3/t11-,12-/m0/s1. The van der Waals surface area contributed by atoms with Crippen molar-refractivity contribution in [1.29, 1.82) is 5.26 Å². The minimum atomic E-state index is -1.26. The number of hydrogen-bond donors (Lipinski definition) is 0. The first-order valence-electron chi connectivity index (χ1n) is 7.05. The van der Waals surface area contributed by atoms with Gasteiger partial charge in [0.25, 0.3) is 0 Å². The second-order valence-corrected chi connectivity index (χ2v) is 5.93. The predicted octanol–water partition coefficient (Wildman–Crippen LogP) is 3.01. The van der Waals surface area contributed by atoms with Gasteiger partial charge in [0.05, 0.1) is 12.1 Å². The van der Waals surface area contributed by atoms with Gasteiger partial charge in [0.2, 0.25) is 11.6 Å². The van der Waals surface area contributed by atoms with Crippen molar-refractivity contribution in [1.82, 2.24) is 14.8 Å². The molecule has 0 saturated carbocycles. The summed E-state index contributed by atoms with van der Waals surface area (Å²) in [7, 11) is 0. The molecule has 0 aliphatic carbocycles. The Labute approximate surface area is 127 Å². The topological polar surface area (TPSA) is 71.6 Å². The van der Waals surface area contributed by atoms with Crippen LogP contribution in [0.15, 0.2) is 30.3 Å². The van der Waals surface area contributed by atoms with Crippen LogP contribution in [0, 0.1) is 16.7 Å². The maximum absolute atomic E-state index is 14.2. The number of alkyl halides is 1. The predicted molar refractivity (Wildman–Crippen MR) is 76.8 cm³/mol. The second-order valence-electron chi connectivity index (χ2n) is 5.93. The normalized spacial score (nSPS) is 20.5. The zero-order valence-corrected chi connectivity index (χ0v) is 12.3. The highest BCUT2D eigenvalue weighted by Crippen LogP contribution is 2.39. The Morgan fingerprint density at radius 1 is 1.41 bits per heavy atom. The number of rotatable bonds is 3. The van der Waals surface area contributed by atoms with Crippen LogP contribution in [0.3, 0.4) is 0 Å². The Hall–Kier alpha value is -2.55. The number of carbonyl (C=O) groups excluding carboxylic acids is 1. The van der Waals surface area contributed by atoms with Gasteiger partial charge < -0.3 is 0 Å². The zero-order valence-electron chi connectivity index (χ0n) is 12.3. The van der Waals surface area contributed by atoms with Gasteiger partial charge in [-0.15, -0.1) is 5.10 Å². The third-order valence-corrected chi connectivity index (χ3v) is 3.90. The molecule has 0 radical (unpaired) electrons. The number of halogens is 1. The lowest BCUT2D eigenvalue weighted by Gasteiger charge is -2.12. The largest absolute Gasteiger partial charge is 0.289 e. The Balaban J connectivity index is 2.01. The lowest BCUT2D eigenvalue weighted by atomic mass is 9.90. The van der Waals surface area contributed by atoms with Gasteiger partial charge in [-0.05, 0) is 19.4 Å². The van der Waals surface area contributed by atoms with Crippen LogP contribution in [-0.4, -0.2) is 20.5 Å².